The number of rotatable bonds is 4. The van der Waals surface area contributed by atoms with Gasteiger partial charge in [-0.3, -0.25) is 4.79 Å². The van der Waals surface area contributed by atoms with Crippen LogP contribution in [0, 0.1) is 11.3 Å². The minimum absolute atomic E-state index is 0.114. The number of hydrogen-bond donors (Lipinski definition) is 1. The molecule has 1 heterocycles. The monoisotopic (exact) mass is 331 g/mol. The van der Waals surface area contributed by atoms with Crippen LogP contribution in [0.15, 0.2) is 60.3 Å². The number of benzene rings is 2. The zero-order valence-corrected chi connectivity index (χ0v) is 14.3. The van der Waals surface area contributed by atoms with E-state index in [4.69, 9.17) is 0 Å². The average Bonchev–Trinajstić information content (AvgIpc) is 2.68. The fraction of sp³-hybridized carbons (Fsp3) is 0.238. The lowest BCUT2D eigenvalue weighted by molar-refractivity contribution is -0.114. The number of aryl methyl sites for hydroxylation is 2. The molecule has 4 heteroatoms. The van der Waals surface area contributed by atoms with Gasteiger partial charge in [0.15, 0.2) is 0 Å². The van der Waals surface area contributed by atoms with E-state index in [0.29, 0.717) is 6.54 Å². The minimum Gasteiger partial charge on any atom is -0.360 e. The van der Waals surface area contributed by atoms with Crippen LogP contribution in [0.3, 0.4) is 0 Å². The Morgan fingerprint density at radius 3 is 2.80 bits per heavy atom. The number of carbonyl (C=O) groups is 1. The molecule has 0 aliphatic carbocycles. The molecule has 1 aliphatic rings. The van der Waals surface area contributed by atoms with E-state index in [9.17, 15) is 10.1 Å². The first-order valence-electron chi connectivity index (χ1n) is 8.59. The first-order chi connectivity index (χ1) is 12.2. The predicted molar refractivity (Wildman–Crippen MR) is 100 cm³/mol. The highest BCUT2D eigenvalue weighted by molar-refractivity contribution is 6.09. The van der Waals surface area contributed by atoms with Gasteiger partial charge in [0.25, 0.3) is 5.91 Å². The van der Waals surface area contributed by atoms with Crippen LogP contribution >= 0.6 is 0 Å². The van der Waals surface area contributed by atoms with Crippen molar-refractivity contribution in [3.05, 3.63) is 71.4 Å². The molecule has 0 saturated carbocycles. The van der Waals surface area contributed by atoms with Crippen LogP contribution in [-0.2, 0) is 17.6 Å². The van der Waals surface area contributed by atoms with Crippen LogP contribution in [0.4, 0.5) is 11.4 Å². The molecule has 0 radical (unpaired) electrons. The van der Waals surface area contributed by atoms with Crippen molar-refractivity contribution in [2.24, 2.45) is 0 Å². The van der Waals surface area contributed by atoms with E-state index in [-0.39, 0.29) is 11.5 Å². The van der Waals surface area contributed by atoms with Crippen molar-refractivity contribution in [1.29, 1.82) is 5.26 Å². The molecule has 0 spiro atoms. The third-order valence-corrected chi connectivity index (χ3v) is 4.48. The molecular formula is C21H21N3O. The molecule has 1 amide bonds. The van der Waals surface area contributed by atoms with Gasteiger partial charge in [-0.05, 0) is 42.5 Å². The maximum Gasteiger partial charge on any atom is 0.270 e. The van der Waals surface area contributed by atoms with Crippen molar-refractivity contribution < 1.29 is 4.79 Å². The molecule has 0 aromatic heterocycles. The number of para-hydroxylation sites is 2. The molecule has 0 fully saturated rings. The number of nitrogens with zero attached hydrogens (tertiary/aromatic N) is 2. The smallest absolute Gasteiger partial charge is 0.270 e. The van der Waals surface area contributed by atoms with Crippen molar-refractivity contribution in [3.8, 4) is 6.07 Å². The Balaban J connectivity index is 1.84. The van der Waals surface area contributed by atoms with Crippen molar-refractivity contribution in [2.45, 2.75) is 26.2 Å². The van der Waals surface area contributed by atoms with Crippen molar-refractivity contribution in [3.63, 3.8) is 0 Å². The molecule has 1 N–H and O–H groups in total. The predicted octanol–water partition coefficient (Wildman–Crippen LogP) is 4.05. The number of carbonyl (C=O) groups excluding carboxylic acids is 1. The Morgan fingerprint density at radius 1 is 1.24 bits per heavy atom. The summed E-state index contributed by atoms with van der Waals surface area (Å²) in [6.07, 6.45) is 4.28. The van der Waals surface area contributed by atoms with Crippen molar-refractivity contribution in [2.75, 3.05) is 16.8 Å². The molecule has 4 nitrogen and oxygen atoms in total. The zero-order chi connectivity index (χ0) is 17.6. The number of fused-ring (bicyclic) bond motifs is 1. The standard InChI is InChI=1S/C21H21N3O/c1-2-16-8-3-5-11-19(16)23-15-18(14-22)21(25)24-13-7-10-17-9-4-6-12-20(17)24/h3-6,8-9,11-12,15,23H,2,7,10,13H2,1H3/b18-15-. The largest absolute Gasteiger partial charge is 0.360 e. The second kappa shape index (κ2) is 7.67. The maximum atomic E-state index is 12.9. The second-order valence-corrected chi connectivity index (χ2v) is 6.01. The fourth-order valence-electron chi connectivity index (χ4n) is 3.15. The Hall–Kier alpha value is -3.06. The van der Waals surface area contributed by atoms with Crippen molar-refractivity contribution in [1.82, 2.24) is 0 Å². The SMILES string of the molecule is CCc1ccccc1N/C=C(/C#N)C(=O)N1CCCc2ccccc21. The summed E-state index contributed by atoms with van der Waals surface area (Å²) in [5.74, 6) is -0.254. The van der Waals surface area contributed by atoms with E-state index < -0.39 is 0 Å². The third-order valence-electron chi connectivity index (χ3n) is 4.48. The summed E-state index contributed by atoms with van der Waals surface area (Å²) >= 11 is 0. The van der Waals surface area contributed by atoms with E-state index in [2.05, 4.69) is 12.2 Å². The van der Waals surface area contributed by atoms with E-state index in [1.165, 1.54) is 6.20 Å². The van der Waals surface area contributed by atoms with Gasteiger partial charge in [0.1, 0.15) is 11.6 Å². The summed E-state index contributed by atoms with van der Waals surface area (Å²) in [5, 5.41) is 12.6. The Morgan fingerprint density at radius 2 is 2.00 bits per heavy atom. The van der Waals surface area contributed by atoms with E-state index >= 15 is 0 Å². The van der Waals surface area contributed by atoms with Crippen LogP contribution in [-0.4, -0.2) is 12.5 Å². The molecule has 126 valence electrons. The summed E-state index contributed by atoms with van der Waals surface area (Å²) in [7, 11) is 0. The van der Waals surface area contributed by atoms with Gasteiger partial charge in [-0.1, -0.05) is 43.3 Å². The Bertz CT molecular complexity index is 848. The fourth-order valence-corrected chi connectivity index (χ4v) is 3.15. The van der Waals surface area contributed by atoms with E-state index in [1.54, 1.807) is 4.90 Å². The third kappa shape index (κ3) is 3.56. The lowest BCUT2D eigenvalue weighted by atomic mass is 10.0. The highest BCUT2D eigenvalue weighted by atomic mass is 16.2. The summed E-state index contributed by atoms with van der Waals surface area (Å²) in [6, 6.07) is 17.8. The van der Waals surface area contributed by atoms with Gasteiger partial charge in [0.05, 0.1) is 0 Å². The van der Waals surface area contributed by atoms with Crippen LogP contribution in [0.1, 0.15) is 24.5 Å². The maximum absolute atomic E-state index is 12.9. The van der Waals surface area contributed by atoms with Crippen molar-refractivity contribution >= 4 is 17.3 Å². The lowest BCUT2D eigenvalue weighted by Crippen LogP contribution is -2.36. The van der Waals surface area contributed by atoms with Crippen LogP contribution in [0.5, 0.6) is 0 Å². The number of anilines is 2. The summed E-state index contributed by atoms with van der Waals surface area (Å²) in [5.41, 5.74) is 4.25. The molecule has 2 aromatic rings. The molecule has 0 saturated heterocycles. The molecule has 0 atom stereocenters. The number of nitriles is 1. The van der Waals surface area contributed by atoms with Crippen LogP contribution in [0.25, 0.3) is 0 Å². The molecule has 0 unspecified atom stereocenters. The summed E-state index contributed by atoms with van der Waals surface area (Å²) < 4.78 is 0. The quantitative estimate of drug-likeness (QED) is 0.679. The molecule has 3 rings (SSSR count). The highest BCUT2D eigenvalue weighted by Gasteiger charge is 2.24. The number of nitrogens with one attached hydrogen (secondary N) is 1. The Kier molecular flexibility index (Phi) is 5.15. The summed E-state index contributed by atoms with van der Waals surface area (Å²) in [6.45, 7) is 2.71. The normalized spacial score (nSPS) is 13.8. The van der Waals surface area contributed by atoms with Gasteiger partial charge in [-0.25, -0.2) is 0 Å². The van der Waals surface area contributed by atoms with Gasteiger partial charge in [-0.2, -0.15) is 5.26 Å². The molecule has 2 aromatic carbocycles. The topological polar surface area (TPSA) is 56.1 Å². The van der Waals surface area contributed by atoms with E-state index in [1.807, 2.05) is 54.6 Å². The van der Waals surface area contributed by atoms with Gasteiger partial charge in [-0.15, -0.1) is 0 Å². The van der Waals surface area contributed by atoms with E-state index in [0.717, 1.165) is 41.8 Å². The van der Waals surface area contributed by atoms with Gasteiger partial charge < -0.3 is 10.2 Å². The lowest BCUT2D eigenvalue weighted by Gasteiger charge is -2.29. The molecule has 25 heavy (non-hydrogen) atoms. The first kappa shape index (κ1) is 16.8. The molecular weight excluding hydrogens is 310 g/mol. The van der Waals surface area contributed by atoms with Gasteiger partial charge in [0.2, 0.25) is 0 Å². The zero-order valence-electron chi connectivity index (χ0n) is 14.3. The second-order valence-electron chi connectivity index (χ2n) is 6.01. The highest BCUT2D eigenvalue weighted by Crippen LogP contribution is 2.28. The minimum atomic E-state index is -0.254. The van der Waals surface area contributed by atoms with Gasteiger partial charge in [0, 0.05) is 24.1 Å². The van der Waals surface area contributed by atoms with Crippen LogP contribution < -0.4 is 10.2 Å². The summed E-state index contributed by atoms with van der Waals surface area (Å²) in [4.78, 5) is 14.6. The first-order valence-corrected chi connectivity index (χ1v) is 8.59. The number of amides is 1. The Labute approximate surface area is 148 Å². The average molecular weight is 331 g/mol. The number of hydrogen-bond acceptors (Lipinski definition) is 3. The van der Waals surface area contributed by atoms with Crippen LogP contribution in [0.2, 0.25) is 0 Å². The molecule has 0 bridgehead atoms. The molecule has 1 aliphatic heterocycles. The van der Waals surface area contributed by atoms with Gasteiger partial charge >= 0.3 is 0 Å².